The summed E-state index contributed by atoms with van der Waals surface area (Å²) >= 11 is 0. The van der Waals surface area contributed by atoms with Gasteiger partial charge < -0.3 is 9.47 Å². The summed E-state index contributed by atoms with van der Waals surface area (Å²) in [4.78, 5) is 9.75. The van der Waals surface area contributed by atoms with Crippen LogP contribution in [0.3, 0.4) is 0 Å². The van der Waals surface area contributed by atoms with Gasteiger partial charge in [0.15, 0.2) is 0 Å². The Morgan fingerprint density at radius 1 is 1.16 bits per heavy atom. The second kappa shape index (κ2) is 5.70. The van der Waals surface area contributed by atoms with Crippen molar-refractivity contribution in [3.63, 3.8) is 0 Å². The third-order valence-electron chi connectivity index (χ3n) is 6.42. The number of hydrogen-bond donors (Lipinski definition) is 0. The highest BCUT2D eigenvalue weighted by atomic mass is 19.1. The lowest BCUT2D eigenvalue weighted by Crippen LogP contribution is -2.41. The van der Waals surface area contributed by atoms with Crippen molar-refractivity contribution in [3.05, 3.63) is 24.0 Å². The molecule has 1 aromatic heterocycles. The number of rotatable bonds is 2. The Kier molecular flexibility index (Phi) is 3.56. The first-order valence-electron chi connectivity index (χ1n) is 9.76. The zero-order valence-corrected chi connectivity index (χ0v) is 15.0. The lowest BCUT2D eigenvalue weighted by atomic mass is 9.91. The molecule has 1 unspecified atom stereocenters. The minimum atomic E-state index is -1.06. The van der Waals surface area contributed by atoms with Gasteiger partial charge in [0.1, 0.15) is 11.5 Å². The monoisotopic (exact) mass is 342 g/mol. The van der Waals surface area contributed by atoms with Gasteiger partial charge in [0.2, 0.25) is 0 Å². The molecule has 2 fully saturated rings. The third-order valence-corrected chi connectivity index (χ3v) is 6.42. The zero-order valence-electron chi connectivity index (χ0n) is 15.0. The van der Waals surface area contributed by atoms with Crippen LogP contribution in [0.25, 0.3) is 11.0 Å². The quantitative estimate of drug-likeness (QED) is 0.836. The molecule has 1 saturated heterocycles. The Bertz CT molecular complexity index is 792. The van der Waals surface area contributed by atoms with Crippen molar-refractivity contribution >= 4 is 16.7 Å². The fourth-order valence-electron chi connectivity index (χ4n) is 4.65. The molecule has 134 valence electrons. The number of anilines is 1. The highest BCUT2D eigenvalue weighted by Gasteiger charge is 2.34. The summed E-state index contributed by atoms with van der Waals surface area (Å²) in [5.41, 5.74) is 2.34. The molecule has 2 aromatic rings. The van der Waals surface area contributed by atoms with Crippen LogP contribution < -0.4 is 4.90 Å². The van der Waals surface area contributed by atoms with Crippen LogP contribution in [0.2, 0.25) is 0 Å². The summed E-state index contributed by atoms with van der Waals surface area (Å²) in [5, 5.41) is 0. The second-order valence-corrected chi connectivity index (χ2v) is 8.31. The van der Waals surface area contributed by atoms with Crippen molar-refractivity contribution < 1.29 is 4.39 Å². The van der Waals surface area contributed by atoms with Gasteiger partial charge in [0.25, 0.3) is 0 Å². The lowest BCUT2D eigenvalue weighted by molar-refractivity contribution is 0.130. The smallest absolute Gasteiger partial charge is 0.127 e. The van der Waals surface area contributed by atoms with E-state index in [2.05, 4.69) is 32.6 Å². The first-order chi connectivity index (χ1) is 12.1. The van der Waals surface area contributed by atoms with E-state index in [-0.39, 0.29) is 0 Å². The van der Waals surface area contributed by atoms with Crippen molar-refractivity contribution in [1.82, 2.24) is 14.5 Å². The Labute approximate surface area is 148 Å². The second-order valence-electron chi connectivity index (χ2n) is 8.31. The van der Waals surface area contributed by atoms with Gasteiger partial charge in [0.05, 0.1) is 17.6 Å². The Balaban J connectivity index is 1.40. The maximum atomic E-state index is 14.2. The zero-order chi connectivity index (χ0) is 17.0. The highest BCUT2D eigenvalue weighted by Crippen LogP contribution is 2.32. The average Bonchev–Trinajstić information content (AvgIpc) is 3.00. The number of aromatic nitrogens is 2. The molecule has 4 nitrogen and oxygen atoms in total. The summed E-state index contributed by atoms with van der Waals surface area (Å²) in [6.45, 7) is 6.29. The topological polar surface area (TPSA) is 24.3 Å². The summed E-state index contributed by atoms with van der Waals surface area (Å²) in [6.07, 6.45) is 5.78. The number of benzene rings is 1. The van der Waals surface area contributed by atoms with Crippen LogP contribution in [0.4, 0.5) is 10.1 Å². The van der Waals surface area contributed by atoms with E-state index in [0.29, 0.717) is 13.0 Å². The van der Waals surface area contributed by atoms with E-state index < -0.39 is 5.67 Å². The predicted molar refractivity (Wildman–Crippen MR) is 99.0 cm³/mol. The van der Waals surface area contributed by atoms with E-state index >= 15 is 0 Å². The maximum absolute atomic E-state index is 14.2. The van der Waals surface area contributed by atoms with Gasteiger partial charge in [-0.1, -0.05) is 6.42 Å². The molecule has 1 saturated carbocycles. The van der Waals surface area contributed by atoms with Crippen molar-refractivity contribution in [2.45, 2.75) is 57.3 Å². The molecular formula is C20H27FN4. The van der Waals surface area contributed by atoms with E-state index in [0.717, 1.165) is 49.8 Å². The van der Waals surface area contributed by atoms with E-state index in [1.165, 1.54) is 30.6 Å². The van der Waals surface area contributed by atoms with E-state index in [1.807, 2.05) is 0 Å². The molecule has 5 rings (SSSR count). The summed E-state index contributed by atoms with van der Waals surface area (Å²) in [7, 11) is 0. The van der Waals surface area contributed by atoms with Crippen LogP contribution >= 0.6 is 0 Å². The minimum Gasteiger partial charge on any atom is -0.368 e. The summed E-state index contributed by atoms with van der Waals surface area (Å²) in [5.74, 6) is 1.21. The van der Waals surface area contributed by atoms with Gasteiger partial charge in [-0.15, -0.1) is 0 Å². The molecular weight excluding hydrogens is 315 g/mol. The fourth-order valence-corrected chi connectivity index (χ4v) is 4.65. The first-order valence-corrected chi connectivity index (χ1v) is 9.76. The van der Waals surface area contributed by atoms with Crippen LogP contribution in [0.1, 0.15) is 38.4 Å². The molecule has 0 amide bonds. The predicted octanol–water partition coefficient (Wildman–Crippen LogP) is 3.39. The van der Waals surface area contributed by atoms with Crippen LogP contribution in [-0.4, -0.2) is 52.3 Å². The van der Waals surface area contributed by atoms with Crippen LogP contribution in [0, 0.1) is 0 Å². The maximum Gasteiger partial charge on any atom is 0.127 e. The Hall–Kier alpha value is -1.62. The van der Waals surface area contributed by atoms with Gasteiger partial charge in [-0.05, 0) is 38.0 Å². The van der Waals surface area contributed by atoms with Gasteiger partial charge in [-0.25, -0.2) is 9.37 Å². The van der Waals surface area contributed by atoms with E-state index in [9.17, 15) is 4.39 Å². The number of alkyl halides is 1. The molecule has 1 aliphatic carbocycles. The summed E-state index contributed by atoms with van der Waals surface area (Å²) in [6, 6.07) is 7.30. The SMILES string of the molecule is CC1(F)CCN(c2ccc3c(c2)nc2n3CCN(C3CCC3)CC2)C1. The molecule has 3 aliphatic rings. The molecule has 5 heteroatoms. The molecule has 0 bridgehead atoms. The third kappa shape index (κ3) is 2.73. The van der Waals surface area contributed by atoms with Gasteiger partial charge in [-0.3, -0.25) is 4.90 Å². The molecule has 0 N–H and O–H groups in total. The number of imidazole rings is 1. The van der Waals surface area contributed by atoms with Crippen LogP contribution in [0.5, 0.6) is 0 Å². The van der Waals surface area contributed by atoms with Crippen LogP contribution in [-0.2, 0) is 13.0 Å². The van der Waals surface area contributed by atoms with Gasteiger partial charge in [0, 0.05) is 50.7 Å². The number of fused-ring (bicyclic) bond motifs is 3. The normalized spacial score (nSPS) is 28.2. The van der Waals surface area contributed by atoms with Crippen molar-refractivity contribution in [2.75, 3.05) is 31.1 Å². The largest absolute Gasteiger partial charge is 0.368 e. The fraction of sp³-hybridized carbons (Fsp3) is 0.650. The number of hydrogen-bond acceptors (Lipinski definition) is 3. The minimum absolute atomic E-state index is 0.489. The number of halogens is 1. The van der Waals surface area contributed by atoms with E-state index in [1.54, 1.807) is 6.92 Å². The number of nitrogens with zero attached hydrogens (tertiary/aromatic N) is 4. The summed E-state index contributed by atoms with van der Waals surface area (Å²) < 4.78 is 16.6. The van der Waals surface area contributed by atoms with Crippen LogP contribution in [0.15, 0.2) is 18.2 Å². The lowest BCUT2D eigenvalue weighted by Gasteiger charge is -2.36. The Morgan fingerprint density at radius 2 is 2.04 bits per heavy atom. The van der Waals surface area contributed by atoms with Gasteiger partial charge in [-0.2, -0.15) is 0 Å². The molecule has 2 aliphatic heterocycles. The Morgan fingerprint density at radius 3 is 2.76 bits per heavy atom. The molecule has 1 atom stereocenters. The molecule has 3 heterocycles. The van der Waals surface area contributed by atoms with Crippen molar-refractivity contribution in [1.29, 1.82) is 0 Å². The highest BCUT2D eigenvalue weighted by molar-refractivity contribution is 5.80. The standard InChI is InChI=1S/C20H27FN4/c1-20(21)8-10-24(14-20)16-5-6-18-17(13-16)22-19-7-9-23(11-12-25(18)19)15-3-2-4-15/h5-6,13,15H,2-4,7-12,14H2,1H3. The van der Waals surface area contributed by atoms with Gasteiger partial charge >= 0.3 is 0 Å². The molecule has 0 radical (unpaired) electrons. The first kappa shape index (κ1) is 15.6. The average molecular weight is 342 g/mol. The molecule has 1 aromatic carbocycles. The van der Waals surface area contributed by atoms with Crippen molar-refractivity contribution in [2.24, 2.45) is 0 Å². The molecule has 0 spiro atoms. The molecule has 25 heavy (non-hydrogen) atoms. The van der Waals surface area contributed by atoms with E-state index in [4.69, 9.17) is 4.98 Å². The van der Waals surface area contributed by atoms with Crippen molar-refractivity contribution in [3.8, 4) is 0 Å².